The van der Waals surface area contributed by atoms with Gasteiger partial charge in [0.2, 0.25) is 0 Å². The summed E-state index contributed by atoms with van der Waals surface area (Å²) < 4.78 is 7.25. The van der Waals surface area contributed by atoms with E-state index in [4.69, 9.17) is 4.74 Å². The third-order valence-electron chi connectivity index (χ3n) is 4.06. The highest BCUT2D eigenvalue weighted by Gasteiger charge is 2.24. The number of likely N-dealkylation sites (N-methyl/N-ethyl adjacent to an activating group) is 1. The van der Waals surface area contributed by atoms with Gasteiger partial charge in [-0.2, -0.15) is 0 Å². The summed E-state index contributed by atoms with van der Waals surface area (Å²) in [5, 5.41) is 0. The second kappa shape index (κ2) is 6.79. The number of hydrogen-bond donors (Lipinski definition) is 0. The molecule has 21 heavy (non-hydrogen) atoms. The molecule has 110 valence electrons. The largest absolute Gasteiger partial charge is 0.492 e. The van der Waals surface area contributed by atoms with Crippen molar-refractivity contribution < 1.29 is 4.74 Å². The van der Waals surface area contributed by atoms with Crippen molar-refractivity contribution in [3.8, 4) is 5.75 Å². The molecule has 0 amide bonds. The Morgan fingerprint density at radius 1 is 1.19 bits per heavy atom. The van der Waals surface area contributed by atoms with Gasteiger partial charge in [-0.3, -0.25) is 4.90 Å². The van der Waals surface area contributed by atoms with Crippen molar-refractivity contribution >= 4 is 22.6 Å². The van der Waals surface area contributed by atoms with E-state index in [1.54, 1.807) is 0 Å². The summed E-state index contributed by atoms with van der Waals surface area (Å²) in [5.74, 6) is 1.06. The Morgan fingerprint density at radius 2 is 2.00 bits per heavy atom. The number of fused-ring (bicyclic) bond motifs is 1. The van der Waals surface area contributed by atoms with Crippen molar-refractivity contribution in [3.05, 3.63) is 63.2 Å². The predicted octanol–water partition coefficient (Wildman–Crippen LogP) is 4.12. The van der Waals surface area contributed by atoms with E-state index in [0.717, 1.165) is 31.9 Å². The first-order valence-electron chi connectivity index (χ1n) is 7.45. The van der Waals surface area contributed by atoms with Crippen molar-refractivity contribution in [2.75, 3.05) is 13.2 Å². The van der Waals surface area contributed by atoms with E-state index < -0.39 is 0 Å². The van der Waals surface area contributed by atoms with Crippen molar-refractivity contribution in [2.45, 2.75) is 25.9 Å². The topological polar surface area (TPSA) is 12.5 Å². The van der Waals surface area contributed by atoms with Crippen LogP contribution in [0.1, 0.15) is 18.1 Å². The van der Waals surface area contributed by atoms with E-state index in [1.165, 1.54) is 14.7 Å². The first kappa shape index (κ1) is 14.9. The molecule has 2 aromatic carbocycles. The second-order valence-corrected chi connectivity index (χ2v) is 6.72. The predicted molar refractivity (Wildman–Crippen MR) is 94.7 cm³/mol. The van der Waals surface area contributed by atoms with Crippen LogP contribution in [-0.4, -0.2) is 24.1 Å². The van der Waals surface area contributed by atoms with E-state index in [0.29, 0.717) is 6.04 Å². The number of rotatable bonds is 4. The summed E-state index contributed by atoms with van der Waals surface area (Å²) in [6.07, 6.45) is 1.08. The normalized spacial score (nSPS) is 17.4. The van der Waals surface area contributed by atoms with E-state index in [2.05, 4.69) is 82.9 Å². The monoisotopic (exact) mass is 393 g/mol. The zero-order valence-electron chi connectivity index (χ0n) is 12.3. The highest BCUT2D eigenvalue weighted by Crippen LogP contribution is 2.28. The molecule has 0 aromatic heterocycles. The number of benzene rings is 2. The average Bonchev–Trinajstić information content (AvgIpc) is 2.53. The maximum Gasteiger partial charge on any atom is 0.122 e. The molecule has 1 heterocycles. The van der Waals surface area contributed by atoms with E-state index in [9.17, 15) is 0 Å². The lowest BCUT2D eigenvalue weighted by atomic mass is 10.0. The molecule has 3 heteroatoms. The zero-order valence-corrected chi connectivity index (χ0v) is 14.4. The molecule has 0 spiro atoms. The van der Waals surface area contributed by atoms with Crippen LogP contribution in [0.5, 0.6) is 5.75 Å². The summed E-state index contributed by atoms with van der Waals surface area (Å²) in [6.45, 7) is 5.05. The minimum atomic E-state index is 0.459. The first-order valence-corrected chi connectivity index (χ1v) is 8.53. The molecule has 0 aliphatic carbocycles. The van der Waals surface area contributed by atoms with E-state index in [1.807, 2.05) is 0 Å². The number of nitrogens with zero attached hydrogens (tertiary/aromatic N) is 1. The van der Waals surface area contributed by atoms with Gasteiger partial charge in [0.15, 0.2) is 0 Å². The van der Waals surface area contributed by atoms with Gasteiger partial charge in [0, 0.05) is 16.2 Å². The summed E-state index contributed by atoms with van der Waals surface area (Å²) in [5.41, 5.74) is 2.71. The van der Waals surface area contributed by atoms with Crippen LogP contribution in [-0.2, 0) is 13.0 Å². The van der Waals surface area contributed by atoms with Crippen LogP contribution in [0.3, 0.4) is 0 Å². The van der Waals surface area contributed by atoms with Gasteiger partial charge < -0.3 is 4.74 Å². The lowest BCUT2D eigenvalue weighted by Crippen LogP contribution is -2.42. The smallest absolute Gasteiger partial charge is 0.122 e. The summed E-state index contributed by atoms with van der Waals surface area (Å²) >= 11 is 2.37. The van der Waals surface area contributed by atoms with E-state index >= 15 is 0 Å². The molecule has 0 fully saturated rings. The standard InChI is InChI=1S/C18H20INO/c1-2-20(12-14-6-4-3-5-7-14)17-11-15-10-16(19)8-9-18(15)21-13-17/h3-10,17H,2,11-13H2,1H3/t17-/m0/s1. The lowest BCUT2D eigenvalue weighted by molar-refractivity contribution is 0.118. The SMILES string of the molecule is CCN(Cc1ccccc1)[C@@H]1COc2ccc(I)cc2C1. The maximum atomic E-state index is 5.97. The van der Waals surface area contributed by atoms with Crippen molar-refractivity contribution in [2.24, 2.45) is 0 Å². The number of ether oxygens (including phenoxy) is 1. The molecule has 1 aliphatic heterocycles. The molecule has 0 saturated carbocycles. The Morgan fingerprint density at radius 3 is 2.76 bits per heavy atom. The van der Waals surface area contributed by atoms with Gasteiger partial charge in [0.25, 0.3) is 0 Å². The second-order valence-electron chi connectivity index (χ2n) is 5.47. The van der Waals surface area contributed by atoms with Crippen LogP contribution in [0.4, 0.5) is 0 Å². The van der Waals surface area contributed by atoms with Crippen molar-refractivity contribution in [1.82, 2.24) is 4.90 Å². The molecule has 0 saturated heterocycles. The summed E-state index contributed by atoms with van der Waals surface area (Å²) in [7, 11) is 0. The van der Waals surface area contributed by atoms with Gasteiger partial charge >= 0.3 is 0 Å². The minimum Gasteiger partial charge on any atom is -0.492 e. The molecule has 0 radical (unpaired) electrons. The summed E-state index contributed by atoms with van der Waals surface area (Å²) in [4.78, 5) is 2.51. The van der Waals surface area contributed by atoms with Crippen molar-refractivity contribution in [3.63, 3.8) is 0 Å². The van der Waals surface area contributed by atoms with Crippen LogP contribution in [0.15, 0.2) is 48.5 Å². The fraction of sp³-hybridized carbons (Fsp3) is 0.333. The quantitative estimate of drug-likeness (QED) is 0.725. The van der Waals surface area contributed by atoms with Gasteiger partial charge in [-0.05, 0) is 64.9 Å². The molecule has 0 unspecified atom stereocenters. The molecule has 0 bridgehead atoms. The molecular formula is C18H20INO. The number of hydrogen-bond acceptors (Lipinski definition) is 2. The Hall–Kier alpha value is -1.07. The molecule has 2 nitrogen and oxygen atoms in total. The Labute approximate surface area is 140 Å². The minimum absolute atomic E-state index is 0.459. The van der Waals surface area contributed by atoms with E-state index in [-0.39, 0.29) is 0 Å². The van der Waals surface area contributed by atoms with Gasteiger partial charge in [-0.15, -0.1) is 0 Å². The van der Waals surface area contributed by atoms with Crippen LogP contribution in [0.2, 0.25) is 0 Å². The lowest BCUT2D eigenvalue weighted by Gasteiger charge is -2.34. The third-order valence-corrected chi connectivity index (χ3v) is 4.73. The molecule has 3 rings (SSSR count). The van der Waals surface area contributed by atoms with Crippen LogP contribution in [0, 0.1) is 3.57 Å². The molecule has 1 atom stereocenters. The fourth-order valence-corrected chi connectivity index (χ4v) is 3.45. The van der Waals surface area contributed by atoms with Gasteiger partial charge in [0.1, 0.15) is 12.4 Å². The van der Waals surface area contributed by atoms with Crippen LogP contribution in [0.25, 0.3) is 0 Å². The van der Waals surface area contributed by atoms with Crippen molar-refractivity contribution in [1.29, 1.82) is 0 Å². The average molecular weight is 393 g/mol. The Kier molecular flexibility index (Phi) is 4.80. The van der Waals surface area contributed by atoms with Gasteiger partial charge in [-0.1, -0.05) is 37.3 Å². The molecule has 2 aromatic rings. The number of halogens is 1. The van der Waals surface area contributed by atoms with Crippen LogP contribution < -0.4 is 4.74 Å². The maximum absolute atomic E-state index is 5.97. The van der Waals surface area contributed by atoms with Gasteiger partial charge in [-0.25, -0.2) is 0 Å². The van der Waals surface area contributed by atoms with Gasteiger partial charge in [0.05, 0.1) is 0 Å². The Balaban J connectivity index is 1.74. The molecular weight excluding hydrogens is 373 g/mol. The van der Waals surface area contributed by atoms with Crippen LogP contribution >= 0.6 is 22.6 Å². The Bertz CT molecular complexity index is 599. The highest BCUT2D eigenvalue weighted by molar-refractivity contribution is 14.1. The summed E-state index contributed by atoms with van der Waals surface area (Å²) in [6, 6.07) is 17.6. The highest BCUT2D eigenvalue weighted by atomic mass is 127. The fourth-order valence-electron chi connectivity index (χ4n) is 2.90. The molecule has 1 aliphatic rings. The third kappa shape index (κ3) is 3.58. The zero-order chi connectivity index (χ0) is 14.7. The first-order chi connectivity index (χ1) is 10.3. The molecule has 0 N–H and O–H groups in total.